The van der Waals surface area contributed by atoms with Gasteiger partial charge in [0.1, 0.15) is 0 Å². The maximum absolute atomic E-state index is 4.39. The third-order valence-electron chi connectivity index (χ3n) is 2.57. The van der Waals surface area contributed by atoms with E-state index in [9.17, 15) is 0 Å². The molecule has 88 valence electrons. The first-order valence-electron chi connectivity index (χ1n) is 5.92. The van der Waals surface area contributed by atoms with Crippen LogP contribution in [0.15, 0.2) is 23.2 Å². The van der Waals surface area contributed by atoms with E-state index in [2.05, 4.69) is 28.7 Å². The Morgan fingerprint density at radius 3 is 2.69 bits per heavy atom. The number of rotatable bonds is 6. The molecule has 1 aromatic rings. The van der Waals surface area contributed by atoms with Gasteiger partial charge in [-0.2, -0.15) is 0 Å². The second kappa shape index (κ2) is 7.12. The molecule has 1 rings (SSSR count). The van der Waals surface area contributed by atoms with Gasteiger partial charge in [0, 0.05) is 18.5 Å². The molecule has 0 radical (unpaired) electrons. The zero-order valence-electron chi connectivity index (χ0n) is 10.5. The molecular formula is C13H21N3. The Labute approximate surface area is 98.2 Å². The summed E-state index contributed by atoms with van der Waals surface area (Å²) in [7, 11) is 0. The number of aromatic nitrogens is 1. The summed E-state index contributed by atoms with van der Waals surface area (Å²) in [6.45, 7) is 10.4. The third kappa shape index (κ3) is 4.53. The van der Waals surface area contributed by atoms with Crippen LogP contribution in [0.25, 0.3) is 0 Å². The first-order valence-corrected chi connectivity index (χ1v) is 5.92. The van der Waals surface area contributed by atoms with Crippen LogP contribution in [0, 0.1) is 6.92 Å². The van der Waals surface area contributed by atoms with Crippen molar-refractivity contribution in [1.82, 2.24) is 9.88 Å². The fraction of sp³-hybridized carbons (Fsp3) is 0.538. The van der Waals surface area contributed by atoms with Gasteiger partial charge >= 0.3 is 0 Å². The van der Waals surface area contributed by atoms with Crippen molar-refractivity contribution in [1.29, 1.82) is 0 Å². The number of aliphatic imine (C=N–C) groups is 1. The first kappa shape index (κ1) is 12.8. The van der Waals surface area contributed by atoms with Crippen LogP contribution in [0.5, 0.6) is 0 Å². The molecule has 0 aliphatic heterocycles. The van der Waals surface area contributed by atoms with E-state index in [1.54, 1.807) is 0 Å². The van der Waals surface area contributed by atoms with Crippen molar-refractivity contribution in [2.75, 3.05) is 26.2 Å². The van der Waals surface area contributed by atoms with Crippen molar-refractivity contribution in [2.24, 2.45) is 4.99 Å². The number of likely N-dealkylation sites (N-methyl/N-ethyl adjacent to an activating group) is 1. The van der Waals surface area contributed by atoms with E-state index in [0.717, 1.165) is 37.6 Å². The minimum Gasteiger partial charge on any atom is -0.302 e. The molecule has 16 heavy (non-hydrogen) atoms. The van der Waals surface area contributed by atoms with Crippen molar-refractivity contribution in [3.05, 3.63) is 29.6 Å². The summed E-state index contributed by atoms with van der Waals surface area (Å²) in [6, 6.07) is 5.98. The third-order valence-corrected chi connectivity index (χ3v) is 2.57. The first-order chi connectivity index (χ1) is 7.76. The molecule has 0 aromatic carbocycles. The lowest BCUT2D eigenvalue weighted by Gasteiger charge is -2.15. The highest BCUT2D eigenvalue weighted by Gasteiger charge is 1.96. The van der Waals surface area contributed by atoms with Crippen LogP contribution < -0.4 is 0 Å². The Bertz CT molecular complexity index is 330. The zero-order valence-corrected chi connectivity index (χ0v) is 10.5. The standard InChI is InChI=1S/C13H21N3/c1-4-16(5-2)10-9-14-11-13-8-6-7-12(3)15-13/h6-8,11H,4-5,9-10H2,1-3H3. The number of pyridine rings is 1. The number of nitrogens with zero attached hydrogens (tertiary/aromatic N) is 3. The van der Waals surface area contributed by atoms with Crippen LogP contribution in [-0.2, 0) is 0 Å². The van der Waals surface area contributed by atoms with Crippen LogP contribution in [0.4, 0.5) is 0 Å². The molecule has 0 atom stereocenters. The monoisotopic (exact) mass is 219 g/mol. The molecule has 0 fully saturated rings. The summed E-state index contributed by atoms with van der Waals surface area (Å²) in [5.74, 6) is 0. The van der Waals surface area contributed by atoms with E-state index in [1.165, 1.54) is 0 Å². The second-order valence-electron chi connectivity index (χ2n) is 3.77. The molecular weight excluding hydrogens is 198 g/mol. The van der Waals surface area contributed by atoms with Gasteiger partial charge in [0.2, 0.25) is 0 Å². The van der Waals surface area contributed by atoms with Crippen LogP contribution in [0.3, 0.4) is 0 Å². The van der Waals surface area contributed by atoms with Crippen molar-refractivity contribution >= 4 is 6.21 Å². The van der Waals surface area contributed by atoms with E-state index in [4.69, 9.17) is 0 Å². The highest BCUT2D eigenvalue weighted by molar-refractivity contribution is 5.76. The number of hydrogen-bond acceptors (Lipinski definition) is 3. The molecule has 0 aliphatic rings. The molecule has 0 aliphatic carbocycles. The predicted molar refractivity (Wildman–Crippen MR) is 69.2 cm³/mol. The average Bonchev–Trinajstić information content (AvgIpc) is 2.29. The van der Waals surface area contributed by atoms with Gasteiger partial charge in [-0.25, -0.2) is 0 Å². The van der Waals surface area contributed by atoms with Gasteiger partial charge in [-0.1, -0.05) is 19.9 Å². The largest absolute Gasteiger partial charge is 0.302 e. The van der Waals surface area contributed by atoms with Crippen molar-refractivity contribution in [3.8, 4) is 0 Å². The fourth-order valence-electron chi connectivity index (χ4n) is 1.53. The van der Waals surface area contributed by atoms with Crippen molar-refractivity contribution in [2.45, 2.75) is 20.8 Å². The molecule has 1 aromatic heterocycles. The fourth-order valence-corrected chi connectivity index (χ4v) is 1.53. The molecule has 0 bridgehead atoms. The van der Waals surface area contributed by atoms with Crippen LogP contribution in [0.2, 0.25) is 0 Å². The normalized spacial score (nSPS) is 11.5. The molecule has 3 nitrogen and oxygen atoms in total. The lowest BCUT2D eigenvalue weighted by atomic mass is 10.3. The highest BCUT2D eigenvalue weighted by Crippen LogP contribution is 1.95. The Morgan fingerprint density at radius 1 is 1.31 bits per heavy atom. The van der Waals surface area contributed by atoms with Crippen molar-refractivity contribution in [3.63, 3.8) is 0 Å². The van der Waals surface area contributed by atoms with Crippen molar-refractivity contribution < 1.29 is 0 Å². The SMILES string of the molecule is CCN(CC)CCN=Cc1cccc(C)n1. The summed E-state index contributed by atoms with van der Waals surface area (Å²) < 4.78 is 0. The number of hydrogen-bond donors (Lipinski definition) is 0. The molecule has 0 spiro atoms. The van der Waals surface area contributed by atoms with Gasteiger partial charge in [-0.15, -0.1) is 0 Å². The molecule has 0 unspecified atom stereocenters. The Kier molecular flexibility index (Phi) is 5.72. The average molecular weight is 219 g/mol. The van der Waals surface area contributed by atoms with Crippen LogP contribution in [0.1, 0.15) is 25.2 Å². The van der Waals surface area contributed by atoms with E-state index in [-0.39, 0.29) is 0 Å². The van der Waals surface area contributed by atoms with Gasteiger partial charge in [-0.3, -0.25) is 9.98 Å². The van der Waals surface area contributed by atoms with Crippen LogP contribution >= 0.6 is 0 Å². The molecule has 3 heteroatoms. The lowest BCUT2D eigenvalue weighted by molar-refractivity contribution is 0.313. The summed E-state index contributed by atoms with van der Waals surface area (Å²) >= 11 is 0. The maximum atomic E-state index is 4.39. The van der Waals surface area contributed by atoms with Gasteiger partial charge in [-0.05, 0) is 32.1 Å². The lowest BCUT2D eigenvalue weighted by Crippen LogP contribution is -2.25. The quantitative estimate of drug-likeness (QED) is 0.686. The Balaban J connectivity index is 2.37. The molecule has 0 amide bonds. The van der Waals surface area contributed by atoms with E-state index in [1.807, 2.05) is 31.3 Å². The van der Waals surface area contributed by atoms with Crippen LogP contribution in [-0.4, -0.2) is 42.3 Å². The summed E-state index contributed by atoms with van der Waals surface area (Å²) in [6.07, 6.45) is 1.86. The van der Waals surface area contributed by atoms with Gasteiger partial charge in [0.05, 0.1) is 12.2 Å². The second-order valence-corrected chi connectivity index (χ2v) is 3.77. The van der Waals surface area contributed by atoms with E-state index < -0.39 is 0 Å². The minimum absolute atomic E-state index is 0.845. The van der Waals surface area contributed by atoms with E-state index >= 15 is 0 Å². The summed E-state index contributed by atoms with van der Waals surface area (Å²) in [5, 5.41) is 0. The molecule has 1 heterocycles. The summed E-state index contributed by atoms with van der Waals surface area (Å²) in [5.41, 5.74) is 1.98. The Hall–Kier alpha value is -1.22. The van der Waals surface area contributed by atoms with Gasteiger partial charge < -0.3 is 4.90 Å². The van der Waals surface area contributed by atoms with Gasteiger partial charge in [0.25, 0.3) is 0 Å². The smallest absolute Gasteiger partial charge is 0.0811 e. The highest BCUT2D eigenvalue weighted by atomic mass is 15.1. The molecule has 0 saturated heterocycles. The topological polar surface area (TPSA) is 28.5 Å². The molecule has 0 saturated carbocycles. The Morgan fingerprint density at radius 2 is 2.06 bits per heavy atom. The maximum Gasteiger partial charge on any atom is 0.0811 e. The molecule has 0 N–H and O–H groups in total. The zero-order chi connectivity index (χ0) is 11.8. The summed E-state index contributed by atoms with van der Waals surface area (Å²) in [4.78, 5) is 11.1. The van der Waals surface area contributed by atoms with Gasteiger partial charge in [0.15, 0.2) is 0 Å². The van der Waals surface area contributed by atoms with E-state index in [0.29, 0.717) is 0 Å². The number of aryl methyl sites for hydroxylation is 1. The minimum atomic E-state index is 0.845. The predicted octanol–water partition coefficient (Wildman–Crippen LogP) is 2.15.